The number of rotatable bonds is 3. The van der Waals surface area contributed by atoms with Gasteiger partial charge in [-0.05, 0) is 5.56 Å². The molecule has 0 bridgehead atoms. The maximum Gasteiger partial charge on any atom is 0.0776 e. The number of benzene rings is 1. The summed E-state index contributed by atoms with van der Waals surface area (Å²) in [6.07, 6.45) is 0. The third kappa shape index (κ3) is 3.66. The molecule has 2 rings (SSSR count). The van der Waals surface area contributed by atoms with Crippen LogP contribution in [0.15, 0.2) is 24.3 Å². The molecular formula is C14H23NOSi. The van der Waals surface area contributed by atoms with E-state index in [1.165, 1.54) is 5.56 Å². The molecule has 1 aromatic rings. The maximum absolute atomic E-state index is 5.38. The molecule has 0 aromatic heterocycles. The van der Waals surface area contributed by atoms with Crippen LogP contribution in [0.3, 0.4) is 0 Å². The zero-order valence-corrected chi connectivity index (χ0v) is 12.2. The fraction of sp³-hybridized carbons (Fsp3) is 0.571. The lowest BCUT2D eigenvalue weighted by Crippen LogP contribution is -2.39. The van der Waals surface area contributed by atoms with E-state index in [0.29, 0.717) is 0 Å². The number of nitrogens with zero attached hydrogens (tertiary/aromatic N) is 1. The summed E-state index contributed by atoms with van der Waals surface area (Å²) >= 11 is 0. The zero-order valence-electron chi connectivity index (χ0n) is 11.2. The highest BCUT2D eigenvalue weighted by atomic mass is 28.3. The molecule has 94 valence electrons. The molecule has 17 heavy (non-hydrogen) atoms. The summed E-state index contributed by atoms with van der Waals surface area (Å²) in [7, 11) is -1.17. The van der Waals surface area contributed by atoms with Crippen molar-refractivity contribution < 1.29 is 4.74 Å². The first-order chi connectivity index (χ1) is 8.05. The average molecular weight is 249 g/mol. The van der Waals surface area contributed by atoms with Gasteiger partial charge in [-0.15, -0.1) is 0 Å². The molecular weight excluding hydrogens is 226 g/mol. The van der Waals surface area contributed by atoms with E-state index in [-0.39, 0.29) is 0 Å². The minimum Gasteiger partial charge on any atom is -0.379 e. The minimum absolute atomic E-state index is 0.883. The van der Waals surface area contributed by atoms with Crippen LogP contribution in [-0.2, 0) is 11.3 Å². The lowest BCUT2D eigenvalue weighted by atomic mass is 10.2. The first kappa shape index (κ1) is 12.8. The number of hydrogen-bond acceptors (Lipinski definition) is 2. The van der Waals surface area contributed by atoms with Gasteiger partial charge < -0.3 is 4.74 Å². The molecule has 1 saturated heterocycles. The van der Waals surface area contributed by atoms with Crippen LogP contribution in [-0.4, -0.2) is 39.3 Å². The van der Waals surface area contributed by atoms with E-state index >= 15 is 0 Å². The molecule has 0 radical (unpaired) electrons. The maximum atomic E-state index is 5.38. The highest BCUT2D eigenvalue weighted by molar-refractivity contribution is 6.88. The predicted octanol–water partition coefficient (Wildman–Crippen LogP) is 2.06. The molecule has 1 heterocycles. The SMILES string of the molecule is C[Si](C)(C)c1cccc(CN2CCOCC2)c1. The van der Waals surface area contributed by atoms with E-state index in [1.54, 1.807) is 5.19 Å². The molecule has 0 spiro atoms. The van der Waals surface area contributed by atoms with E-state index in [0.717, 1.165) is 32.8 Å². The second-order valence-electron chi connectivity index (χ2n) is 5.84. The second-order valence-corrected chi connectivity index (χ2v) is 10.9. The molecule has 1 fully saturated rings. The molecule has 0 atom stereocenters. The Balaban J connectivity index is 2.05. The Hall–Kier alpha value is -0.643. The minimum atomic E-state index is -1.17. The van der Waals surface area contributed by atoms with Crippen molar-refractivity contribution in [3.8, 4) is 0 Å². The molecule has 0 amide bonds. The van der Waals surface area contributed by atoms with Crippen molar-refractivity contribution in [3.63, 3.8) is 0 Å². The number of morpholine rings is 1. The highest BCUT2D eigenvalue weighted by Gasteiger charge is 2.17. The van der Waals surface area contributed by atoms with Crippen molar-refractivity contribution in [2.75, 3.05) is 26.3 Å². The standard InChI is InChI=1S/C14H23NOSi/c1-17(2,3)14-6-4-5-13(11-14)12-15-7-9-16-10-8-15/h4-6,11H,7-10,12H2,1-3H3. The number of ether oxygens (including phenoxy) is 1. The molecule has 0 N–H and O–H groups in total. The third-order valence-electron chi connectivity index (χ3n) is 3.30. The molecule has 1 aliphatic heterocycles. The van der Waals surface area contributed by atoms with Crippen molar-refractivity contribution >= 4 is 13.3 Å². The Morgan fingerprint density at radius 3 is 2.53 bits per heavy atom. The fourth-order valence-electron chi connectivity index (χ4n) is 2.15. The first-order valence-electron chi connectivity index (χ1n) is 6.45. The van der Waals surface area contributed by atoms with Crippen LogP contribution in [0.5, 0.6) is 0 Å². The predicted molar refractivity (Wildman–Crippen MR) is 75.5 cm³/mol. The molecule has 1 aromatic carbocycles. The largest absolute Gasteiger partial charge is 0.379 e. The van der Waals surface area contributed by atoms with Gasteiger partial charge in [-0.1, -0.05) is 49.1 Å². The monoisotopic (exact) mass is 249 g/mol. The molecule has 1 aliphatic rings. The van der Waals surface area contributed by atoms with Gasteiger partial charge in [-0.25, -0.2) is 0 Å². The van der Waals surface area contributed by atoms with Crippen LogP contribution >= 0.6 is 0 Å². The Bertz CT molecular complexity index is 367. The molecule has 0 saturated carbocycles. The summed E-state index contributed by atoms with van der Waals surface area (Å²) in [5, 5.41) is 1.56. The van der Waals surface area contributed by atoms with Gasteiger partial charge in [0.05, 0.1) is 21.3 Å². The van der Waals surface area contributed by atoms with Crippen LogP contribution in [0, 0.1) is 0 Å². The van der Waals surface area contributed by atoms with Crippen LogP contribution < -0.4 is 5.19 Å². The Morgan fingerprint density at radius 1 is 1.18 bits per heavy atom. The average Bonchev–Trinajstić information content (AvgIpc) is 2.29. The van der Waals surface area contributed by atoms with Gasteiger partial charge in [0.2, 0.25) is 0 Å². The van der Waals surface area contributed by atoms with Gasteiger partial charge in [0.1, 0.15) is 0 Å². The summed E-state index contributed by atoms with van der Waals surface area (Å²) in [6.45, 7) is 12.2. The van der Waals surface area contributed by atoms with E-state index < -0.39 is 8.07 Å². The molecule has 0 unspecified atom stereocenters. The van der Waals surface area contributed by atoms with Crippen molar-refractivity contribution in [2.45, 2.75) is 26.2 Å². The normalized spacial score (nSPS) is 18.3. The molecule has 2 nitrogen and oxygen atoms in total. The van der Waals surface area contributed by atoms with E-state index in [9.17, 15) is 0 Å². The summed E-state index contributed by atoms with van der Waals surface area (Å²) in [5.74, 6) is 0. The van der Waals surface area contributed by atoms with E-state index in [1.807, 2.05) is 0 Å². The lowest BCUT2D eigenvalue weighted by molar-refractivity contribution is 0.0342. The van der Waals surface area contributed by atoms with E-state index in [4.69, 9.17) is 4.74 Å². The summed E-state index contributed by atoms with van der Waals surface area (Å²) in [4.78, 5) is 2.48. The lowest BCUT2D eigenvalue weighted by Gasteiger charge is -2.27. The zero-order chi connectivity index (χ0) is 12.3. The van der Waals surface area contributed by atoms with Gasteiger partial charge >= 0.3 is 0 Å². The fourth-order valence-corrected chi connectivity index (χ4v) is 3.37. The van der Waals surface area contributed by atoms with Crippen molar-refractivity contribution in [2.24, 2.45) is 0 Å². The Morgan fingerprint density at radius 2 is 1.88 bits per heavy atom. The summed E-state index contributed by atoms with van der Waals surface area (Å²) < 4.78 is 5.38. The molecule has 3 heteroatoms. The van der Waals surface area contributed by atoms with Crippen LogP contribution in [0.25, 0.3) is 0 Å². The van der Waals surface area contributed by atoms with E-state index in [2.05, 4.69) is 48.8 Å². The quantitative estimate of drug-likeness (QED) is 0.760. The van der Waals surface area contributed by atoms with Gasteiger partial charge in [-0.2, -0.15) is 0 Å². The third-order valence-corrected chi connectivity index (χ3v) is 5.35. The summed E-state index contributed by atoms with van der Waals surface area (Å²) in [6, 6.07) is 9.15. The second kappa shape index (κ2) is 5.34. The van der Waals surface area contributed by atoms with Crippen molar-refractivity contribution in [3.05, 3.63) is 29.8 Å². The first-order valence-corrected chi connectivity index (χ1v) is 9.95. The van der Waals surface area contributed by atoms with Crippen LogP contribution in [0.1, 0.15) is 5.56 Å². The van der Waals surface area contributed by atoms with Crippen molar-refractivity contribution in [1.82, 2.24) is 4.90 Å². The van der Waals surface area contributed by atoms with Gasteiger partial charge in [0, 0.05) is 19.6 Å². The van der Waals surface area contributed by atoms with Gasteiger partial charge in [0.25, 0.3) is 0 Å². The molecule has 0 aliphatic carbocycles. The topological polar surface area (TPSA) is 12.5 Å². The van der Waals surface area contributed by atoms with Crippen LogP contribution in [0.2, 0.25) is 19.6 Å². The Labute approximate surface area is 106 Å². The number of hydrogen-bond donors (Lipinski definition) is 0. The van der Waals surface area contributed by atoms with Crippen LogP contribution in [0.4, 0.5) is 0 Å². The highest BCUT2D eigenvalue weighted by Crippen LogP contribution is 2.09. The van der Waals surface area contributed by atoms with Gasteiger partial charge in [0.15, 0.2) is 0 Å². The Kier molecular flexibility index (Phi) is 4.02. The van der Waals surface area contributed by atoms with Crippen molar-refractivity contribution in [1.29, 1.82) is 0 Å². The smallest absolute Gasteiger partial charge is 0.0776 e. The van der Waals surface area contributed by atoms with Gasteiger partial charge in [-0.3, -0.25) is 4.90 Å². The summed E-state index contributed by atoms with van der Waals surface area (Å²) in [5.41, 5.74) is 1.45.